The summed E-state index contributed by atoms with van der Waals surface area (Å²) in [7, 11) is 1.41. The van der Waals surface area contributed by atoms with Gasteiger partial charge in [-0.3, -0.25) is 4.79 Å². The summed E-state index contributed by atoms with van der Waals surface area (Å²) in [5.74, 6) is 0.377. The van der Waals surface area contributed by atoms with Gasteiger partial charge in [0.2, 0.25) is 0 Å². The third-order valence-electron chi connectivity index (χ3n) is 2.94. The Hall–Kier alpha value is -2.41. The first-order chi connectivity index (χ1) is 11.3. The minimum absolute atomic E-state index is 0.0941. The van der Waals surface area contributed by atoms with Crippen molar-refractivity contribution in [1.29, 1.82) is 0 Å². The highest BCUT2D eigenvalue weighted by Gasteiger charge is 2.30. The van der Waals surface area contributed by atoms with Crippen LogP contribution in [-0.4, -0.2) is 18.7 Å². The maximum atomic E-state index is 12.1. The highest BCUT2D eigenvalue weighted by atomic mass is 35.5. The standard InChI is InChI=1S/C16H12ClF3O4/c1-22-14-8-11(15(17)21)4-7-13(14)23-9-10-2-5-12(6-3-10)24-16(18,19)20/h2-8H,9H2,1H3. The smallest absolute Gasteiger partial charge is 0.493 e. The Balaban J connectivity index is 2.04. The van der Waals surface area contributed by atoms with Gasteiger partial charge in [-0.15, -0.1) is 13.2 Å². The van der Waals surface area contributed by atoms with Gasteiger partial charge in [0, 0.05) is 5.56 Å². The van der Waals surface area contributed by atoms with Crippen LogP contribution in [0.25, 0.3) is 0 Å². The van der Waals surface area contributed by atoms with Crippen LogP contribution in [0.15, 0.2) is 42.5 Å². The molecule has 128 valence electrons. The second-order valence-electron chi connectivity index (χ2n) is 4.62. The molecule has 0 aliphatic rings. The minimum Gasteiger partial charge on any atom is -0.493 e. The molecule has 0 atom stereocenters. The lowest BCUT2D eigenvalue weighted by Crippen LogP contribution is -2.17. The van der Waals surface area contributed by atoms with Gasteiger partial charge in [0.15, 0.2) is 11.5 Å². The minimum atomic E-state index is -4.73. The fourth-order valence-corrected chi connectivity index (χ4v) is 1.98. The Morgan fingerprint density at radius 3 is 2.29 bits per heavy atom. The molecular formula is C16H12ClF3O4. The summed E-state index contributed by atoms with van der Waals surface area (Å²) in [6.07, 6.45) is -4.73. The second kappa shape index (κ2) is 7.44. The zero-order valence-corrected chi connectivity index (χ0v) is 13.1. The molecule has 0 N–H and O–H groups in total. The maximum absolute atomic E-state index is 12.1. The molecule has 0 aliphatic carbocycles. The molecule has 0 saturated heterocycles. The molecule has 0 spiro atoms. The summed E-state index contributed by atoms with van der Waals surface area (Å²) in [6.45, 7) is 0.0941. The largest absolute Gasteiger partial charge is 0.573 e. The van der Waals surface area contributed by atoms with Gasteiger partial charge in [-0.2, -0.15) is 0 Å². The van der Waals surface area contributed by atoms with Gasteiger partial charge >= 0.3 is 6.36 Å². The summed E-state index contributed by atoms with van der Waals surface area (Å²) in [4.78, 5) is 11.1. The molecule has 0 unspecified atom stereocenters. The molecular weight excluding hydrogens is 349 g/mol. The molecule has 0 aliphatic heterocycles. The molecule has 8 heteroatoms. The predicted molar refractivity (Wildman–Crippen MR) is 80.6 cm³/mol. The molecule has 0 amide bonds. The third kappa shape index (κ3) is 5.06. The first kappa shape index (κ1) is 17.9. The molecule has 0 radical (unpaired) electrons. The lowest BCUT2D eigenvalue weighted by Gasteiger charge is -2.12. The fourth-order valence-electron chi connectivity index (χ4n) is 1.86. The van der Waals surface area contributed by atoms with E-state index in [1.165, 1.54) is 49.6 Å². The van der Waals surface area contributed by atoms with Crippen LogP contribution in [0.4, 0.5) is 13.2 Å². The van der Waals surface area contributed by atoms with Crippen molar-refractivity contribution in [2.45, 2.75) is 13.0 Å². The first-order valence-electron chi connectivity index (χ1n) is 6.64. The van der Waals surface area contributed by atoms with Crippen LogP contribution in [-0.2, 0) is 6.61 Å². The van der Waals surface area contributed by atoms with Gasteiger partial charge < -0.3 is 14.2 Å². The van der Waals surface area contributed by atoms with E-state index in [9.17, 15) is 18.0 Å². The zero-order valence-electron chi connectivity index (χ0n) is 12.4. The van der Waals surface area contributed by atoms with Crippen molar-refractivity contribution in [2.75, 3.05) is 7.11 Å². The van der Waals surface area contributed by atoms with Crippen LogP contribution in [0.3, 0.4) is 0 Å². The van der Waals surface area contributed by atoms with E-state index in [-0.39, 0.29) is 17.9 Å². The van der Waals surface area contributed by atoms with Crippen LogP contribution in [0, 0.1) is 0 Å². The van der Waals surface area contributed by atoms with Crippen LogP contribution in [0.2, 0.25) is 0 Å². The number of alkyl halides is 3. The topological polar surface area (TPSA) is 44.8 Å². The van der Waals surface area contributed by atoms with Gasteiger partial charge in [0.1, 0.15) is 12.4 Å². The van der Waals surface area contributed by atoms with E-state index in [1.807, 2.05) is 0 Å². The average Bonchev–Trinajstić information content (AvgIpc) is 2.52. The van der Waals surface area contributed by atoms with Gasteiger partial charge in [0.05, 0.1) is 7.11 Å². The number of rotatable bonds is 6. The Kier molecular flexibility index (Phi) is 5.56. The van der Waals surface area contributed by atoms with Crippen molar-refractivity contribution < 1.29 is 32.2 Å². The lowest BCUT2D eigenvalue weighted by molar-refractivity contribution is -0.274. The van der Waals surface area contributed by atoms with Crippen molar-refractivity contribution in [2.24, 2.45) is 0 Å². The first-order valence-corrected chi connectivity index (χ1v) is 7.01. The van der Waals surface area contributed by atoms with Crippen LogP contribution in [0.1, 0.15) is 15.9 Å². The average molecular weight is 361 g/mol. The predicted octanol–water partition coefficient (Wildman–Crippen LogP) is 4.55. The summed E-state index contributed by atoms with van der Waals surface area (Å²) in [5, 5.41) is -0.625. The van der Waals surface area contributed by atoms with E-state index in [0.29, 0.717) is 17.1 Å². The van der Waals surface area contributed by atoms with E-state index in [2.05, 4.69) is 4.74 Å². The fraction of sp³-hybridized carbons (Fsp3) is 0.188. The number of halogens is 4. The summed E-state index contributed by atoms with van der Waals surface area (Å²) in [5.41, 5.74) is 0.888. The number of benzene rings is 2. The molecule has 2 aromatic rings. The van der Waals surface area contributed by atoms with Crippen molar-refractivity contribution in [3.63, 3.8) is 0 Å². The molecule has 24 heavy (non-hydrogen) atoms. The Labute approximate surface area is 140 Å². The molecule has 4 nitrogen and oxygen atoms in total. The number of carbonyl (C=O) groups is 1. The van der Waals surface area contributed by atoms with Crippen molar-refractivity contribution in [3.8, 4) is 17.2 Å². The molecule has 0 bridgehead atoms. The van der Waals surface area contributed by atoms with Crippen LogP contribution >= 0.6 is 11.6 Å². The Morgan fingerprint density at radius 2 is 1.75 bits per heavy atom. The van der Waals surface area contributed by atoms with Gasteiger partial charge in [0.25, 0.3) is 5.24 Å². The lowest BCUT2D eigenvalue weighted by atomic mass is 10.2. The van der Waals surface area contributed by atoms with Crippen LogP contribution in [0.5, 0.6) is 17.2 Å². The number of hydrogen-bond donors (Lipinski definition) is 0. The maximum Gasteiger partial charge on any atom is 0.573 e. The summed E-state index contributed by atoms with van der Waals surface area (Å²) in [6, 6.07) is 9.72. The van der Waals surface area contributed by atoms with Gasteiger partial charge in [-0.1, -0.05) is 12.1 Å². The Bertz CT molecular complexity index is 714. The van der Waals surface area contributed by atoms with Crippen molar-refractivity contribution >= 4 is 16.8 Å². The van der Waals surface area contributed by atoms with E-state index in [1.54, 1.807) is 0 Å². The summed E-state index contributed by atoms with van der Waals surface area (Å²) >= 11 is 5.39. The molecule has 0 fully saturated rings. The highest BCUT2D eigenvalue weighted by Crippen LogP contribution is 2.30. The number of methoxy groups -OCH3 is 1. The van der Waals surface area contributed by atoms with E-state index >= 15 is 0 Å². The zero-order chi connectivity index (χ0) is 17.7. The number of carbonyl (C=O) groups excluding carboxylic acids is 1. The quantitative estimate of drug-likeness (QED) is 0.709. The second-order valence-corrected chi connectivity index (χ2v) is 4.96. The van der Waals surface area contributed by atoms with Gasteiger partial charge in [-0.25, -0.2) is 0 Å². The number of hydrogen-bond acceptors (Lipinski definition) is 4. The highest BCUT2D eigenvalue weighted by molar-refractivity contribution is 6.67. The Morgan fingerprint density at radius 1 is 1.08 bits per heavy atom. The molecule has 2 aromatic carbocycles. The van der Waals surface area contributed by atoms with E-state index < -0.39 is 11.6 Å². The molecule has 0 saturated carbocycles. The monoisotopic (exact) mass is 360 g/mol. The van der Waals surface area contributed by atoms with Crippen molar-refractivity contribution in [1.82, 2.24) is 0 Å². The van der Waals surface area contributed by atoms with Gasteiger partial charge in [-0.05, 0) is 47.5 Å². The normalized spacial score (nSPS) is 11.0. The summed E-state index contributed by atoms with van der Waals surface area (Å²) < 4.78 is 50.7. The SMILES string of the molecule is COc1cc(C(=O)Cl)ccc1OCc1ccc(OC(F)(F)F)cc1. The number of ether oxygens (including phenoxy) is 3. The van der Waals surface area contributed by atoms with Crippen LogP contribution < -0.4 is 14.2 Å². The van der Waals surface area contributed by atoms with Crippen molar-refractivity contribution in [3.05, 3.63) is 53.6 Å². The van der Waals surface area contributed by atoms with E-state index in [4.69, 9.17) is 21.1 Å². The van der Waals surface area contributed by atoms with E-state index in [0.717, 1.165) is 0 Å². The molecule has 0 aromatic heterocycles. The third-order valence-corrected chi connectivity index (χ3v) is 3.16. The molecule has 0 heterocycles. The molecule has 2 rings (SSSR count).